The molecule has 1 saturated carbocycles. The van der Waals surface area contributed by atoms with Gasteiger partial charge < -0.3 is 5.32 Å². The first-order valence-electron chi connectivity index (χ1n) is 6.84. The van der Waals surface area contributed by atoms with Crippen molar-refractivity contribution in [2.45, 2.75) is 55.2 Å². The molecule has 1 N–H and O–H groups in total. The average Bonchev–Trinajstić information content (AvgIpc) is 2.39. The molecule has 0 radical (unpaired) electrons. The topological polar surface area (TPSA) is 12.0 Å². The van der Waals surface area contributed by atoms with E-state index in [1.807, 2.05) is 7.05 Å². The summed E-state index contributed by atoms with van der Waals surface area (Å²) >= 11 is 5.76. The summed E-state index contributed by atoms with van der Waals surface area (Å²) in [5, 5.41) is 4.12. The van der Waals surface area contributed by atoms with Gasteiger partial charge in [0.25, 0.3) is 0 Å². The molecule has 0 heterocycles. The molecule has 0 spiro atoms. The van der Waals surface area contributed by atoms with Gasteiger partial charge in [-0.05, 0) is 44.5 Å². The zero-order valence-electron chi connectivity index (χ0n) is 11.2. The molecule has 18 heavy (non-hydrogen) atoms. The maximum atomic E-state index is 3.70. The first-order chi connectivity index (χ1) is 8.70. The van der Waals surface area contributed by atoms with Crippen LogP contribution in [0.2, 0.25) is 0 Å². The fourth-order valence-corrected chi connectivity index (χ4v) is 4.62. The summed E-state index contributed by atoms with van der Waals surface area (Å²) in [7, 11) is 2.00. The Hall–Kier alpha value is 0.01000. The second-order valence-electron chi connectivity index (χ2n) is 5.07. The van der Waals surface area contributed by atoms with Crippen LogP contribution < -0.4 is 5.32 Å². The van der Waals surface area contributed by atoms with Crippen LogP contribution >= 0.6 is 27.7 Å². The minimum atomic E-state index is 0.396. The van der Waals surface area contributed by atoms with Gasteiger partial charge in [0.1, 0.15) is 0 Å². The molecular weight excluding hydrogens is 306 g/mol. The molecule has 1 atom stereocenters. The van der Waals surface area contributed by atoms with Crippen molar-refractivity contribution in [1.82, 2.24) is 5.32 Å². The Morgan fingerprint density at radius 1 is 1.28 bits per heavy atom. The molecule has 1 aromatic rings. The van der Waals surface area contributed by atoms with E-state index in [9.17, 15) is 0 Å². The van der Waals surface area contributed by atoms with E-state index in [4.69, 9.17) is 0 Å². The first kappa shape index (κ1) is 14.4. The summed E-state index contributed by atoms with van der Waals surface area (Å²) in [6.45, 7) is 2.19. The van der Waals surface area contributed by atoms with Gasteiger partial charge in [-0.25, -0.2) is 0 Å². The third-order valence-electron chi connectivity index (χ3n) is 3.73. The van der Waals surface area contributed by atoms with Gasteiger partial charge in [0.15, 0.2) is 0 Å². The van der Waals surface area contributed by atoms with Gasteiger partial charge in [0.2, 0.25) is 0 Å². The minimum Gasteiger partial charge on any atom is -0.313 e. The molecule has 0 aliphatic heterocycles. The number of thioether (sulfide) groups is 1. The van der Waals surface area contributed by atoms with Crippen LogP contribution in [0.4, 0.5) is 0 Å². The lowest BCUT2D eigenvalue weighted by Gasteiger charge is -2.21. The minimum absolute atomic E-state index is 0.396. The van der Waals surface area contributed by atoms with Crippen molar-refractivity contribution in [3.63, 3.8) is 0 Å². The highest BCUT2D eigenvalue weighted by Gasteiger charge is 2.15. The monoisotopic (exact) mass is 327 g/mol. The number of rotatable bonds is 4. The van der Waals surface area contributed by atoms with Crippen LogP contribution in [0.25, 0.3) is 0 Å². The van der Waals surface area contributed by atoms with Gasteiger partial charge in [0.05, 0.1) is 0 Å². The van der Waals surface area contributed by atoms with E-state index in [0.717, 1.165) is 5.25 Å². The molecular formula is C15H22BrNS. The molecule has 0 aromatic heterocycles. The van der Waals surface area contributed by atoms with E-state index in [2.05, 4.69) is 58.1 Å². The molecule has 1 fully saturated rings. The standard InChI is InChI=1S/C15H22BrNS/c1-11(17-2)14-9-8-13(10-15(14)16)18-12-6-4-3-5-7-12/h8-12,17H,3-7H2,1-2H3. The van der Waals surface area contributed by atoms with Crippen LogP contribution in [0.3, 0.4) is 0 Å². The van der Waals surface area contributed by atoms with Crippen molar-refractivity contribution in [3.05, 3.63) is 28.2 Å². The smallest absolute Gasteiger partial charge is 0.0300 e. The van der Waals surface area contributed by atoms with Crippen molar-refractivity contribution in [2.75, 3.05) is 7.05 Å². The SMILES string of the molecule is CNC(C)c1ccc(SC2CCCCC2)cc1Br. The van der Waals surface area contributed by atoms with Crippen molar-refractivity contribution < 1.29 is 0 Å². The largest absolute Gasteiger partial charge is 0.313 e. The number of benzene rings is 1. The van der Waals surface area contributed by atoms with Crippen LogP contribution in [0.5, 0.6) is 0 Å². The maximum Gasteiger partial charge on any atom is 0.0300 e. The van der Waals surface area contributed by atoms with Crippen LogP contribution in [0, 0.1) is 0 Å². The van der Waals surface area contributed by atoms with Crippen molar-refractivity contribution in [3.8, 4) is 0 Å². The summed E-state index contributed by atoms with van der Waals surface area (Å²) in [4.78, 5) is 1.40. The van der Waals surface area contributed by atoms with Gasteiger partial charge in [-0.15, -0.1) is 11.8 Å². The lowest BCUT2D eigenvalue weighted by atomic mass is 10.0. The van der Waals surface area contributed by atoms with Gasteiger partial charge in [-0.1, -0.05) is 41.3 Å². The van der Waals surface area contributed by atoms with Crippen LogP contribution in [-0.2, 0) is 0 Å². The molecule has 100 valence electrons. The van der Waals surface area contributed by atoms with E-state index in [1.54, 1.807) is 0 Å². The molecule has 1 aliphatic rings. The van der Waals surface area contributed by atoms with E-state index >= 15 is 0 Å². The van der Waals surface area contributed by atoms with Gasteiger partial charge in [0, 0.05) is 20.7 Å². The number of hydrogen-bond acceptors (Lipinski definition) is 2. The molecule has 1 nitrogen and oxygen atoms in total. The predicted octanol–water partition coefficient (Wildman–Crippen LogP) is 5.15. The quantitative estimate of drug-likeness (QED) is 0.820. The van der Waals surface area contributed by atoms with Crippen LogP contribution in [-0.4, -0.2) is 12.3 Å². The summed E-state index contributed by atoms with van der Waals surface area (Å²) in [5.41, 5.74) is 1.34. The Morgan fingerprint density at radius 3 is 2.61 bits per heavy atom. The van der Waals surface area contributed by atoms with Crippen molar-refractivity contribution in [2.24, 2.45) is 0 Å². The lowest BCUT2D eigenvalue weighted by molar-refractivity contribution is 0.516. The Labute approximate surface area is 123 Å². The molecule has 1 aliphatic carbocycles. The number of hydrogen-bond donors (Lipinski definition) is 1. The molecule has 1 unspecified atom stereocenters. The highest BCUT2D eigenvalue weighted by atomic mass is 79.9. The highest BCUT2D eigenvalue weighted by Crippen LogP contribution is 2.36. The summed E-state index contributed by atoms with van der Waals surface area (Å²) < 4.78 is 1.23. The van der Waals surface area contributed by atoms with Gasteiger partial charge in [-0.2, -0.15) is 0 Å². The third-order valence-corrected chi connectivity index (χ3v) is 5.74. The molecule has 0 saturated heterocycles. The Kier molecular flexibility index (Phi) is 5.58. The van der Waals surface area contributed by atoms with E-state index in [1.165, 1.54) is 47.0 Å². The summed E-state index contributed by atoms with van der Waals surface area (Å²) in [6.07, 6.45) is 7.02. The van der Waals surface area contributed by atoms with E-state index in [-0.39, 0.29) is 0 Å². The molecule has 1 aromatic carbocycles. The van der Waals surface area contributed by atoms with E-state index in [0.29, 0.717) is 6.04 Å². The Balaban J connectivity index is 2.03. The Bertz CT molecular complexity index is 388. The fourth-order valence-electron chi connectivity index (χ4n) is 2.46. The van der Waals surface area contributed by atoms with E-state index < -0.39 is 0 Å². The van der Waals surface area contributed by atoms with Crippen molar-refractivity contribution in [1.29, 1.82) is 0 Å². The second-order valence-corrected chi connectivity index (χ2v) is 7.30. The zero-order valence-corrected chi connectivity index (χ0v) is 13.6. The number of nitrogens with one attached hydrogen (secondary N) is 1. The molecule has 0 amide bonds. The second kappa shape index (κ2) is 6.97. The average molecular weight is 328 g/mol. The molecule has 2 rings (SSSR count). The summed E-state index contributed by atoms with van der Waals surface area (Å²) in [6, 6.07) is 7.19. The normalized spacial score (nSPS) is 18.8. The number of halogens is 1. The first-order valence-corrected chi connectivity index (χ1v) is 8.51. The van der Waals surface area contributed by atoms with Gasteiger partial charge >= 0.3 is 0 Å². The third kappa shape index (κ3) is 3.75. The fraction of sp³-hybridized carbons (Fsp3) is 0.600. The Morgan fingerprint density at radius 2 is 2.00 bits per heavy atom. The predicted molar refractivity (Wildman–Crippen MR) is 84.3 cm³/mol. The highest BCUT2D eigenvalue weighted by molar-refractivity contribution is 9.10. The zero-order chi connectivity index (χ0) is 13.0. The molecule has 0 bridgehead atoms. The van der Waals surface area contributed by atoms with Crippen LogP contribution in [0.15, 0.2) is 27.6 Å². The maximum absolute atomic E-state index is 3.70. The van der Waals surface area contributed by atoms with Crippen LogP contribution in [0.1, 0.15) is 50.6 Å². The lowest BCUT2D eigenvalue weighted by Crippen LogP contribution is -2.13. The molecule has 3 heteroatoms. The van der Waals surface area contributed by atoms with Crippen molar-refractivity contribution >= 4 is 27.7 Å². The summed E-state index contributed by atoms with van der Waals surface area (Å²) in [5.74, 6) is 0. The van der Waals surface area contributed by atoms with Gasteiger partial charge in [-0.3, -0.25) is 0 Å².